The first kappa shape index (κ1) is 21.7. The van der Waals surface area contributed by atoms with E-state index in [0.29, 0.717) is 16.8 Å². The zero-order chi connectivity index (χ0) is 24.0. The van der Waals surface area contributed by atoms with Gasteiger partial charge in [-0.1, -0.05) is 54.1 Å². The highest BCUT2D eigenvalue weighted by Crippen LogP contribution is 2.51. The van der Waals surface area contributed by atoms with Crippen LogP contribution in [0.2, 0.25) is 0 Å². The van der Waals surface area contributed by atoms with Crippen LogP contribution in [0.1, 0.15) is 28.2 Å². The minimum atomic E-state index is -4.17. The molecule has 2 aliphatic rings. The van der Waals surface area contributed by atoms with Gasteiger partial charge in [0.25, 0.3) is 10.0 Å². The molecule has 0 amide bonds. The van der Waals surface area contributed by atoms with Crippen molar-refractivity contribution < 1.29 is 17.5 Å². The number of hydrogen-bond donors (Lipinski definition) is 1. The van der Waals surface area contributed by atoms with E-state index < -0.39 is 21.8 Å². The summed E-state index contributed by atoms with van der Waals surface area (Å²) in [5, 5.41) is 9.86. The van der Waals surface area contributed by atoms with Gasteiger partial charge in [-0.3, -0.25) is 4.31 Å². The average Bonchev–Trinajstić information content (AvgIpc) is 2.82. The fraction of sp³-hybridized carbons (Fsp3) is 0.115. The molecule has 1 atom stereocenters. The predicted octanol–water partition coefficient (Wildman–Crippen LogP) is 4.66. The minimum Gasteiger partial charge on any atom is -0.439 e. The number of halogens is 1. The smallest absolute Gasteiger partial charge is 0.265 e. The largest absolute Gasteiger partial charge is 0.439 e. The molecule has 34 heavy (non-hydrogen) atoms. The van der Waals surface area contributed by atoms with Gasteiger partial charge in [0.2, 0.25) is 5.88 Å². The molecule has 0 unspecified atom stereocenters. The van der Waals surface area contributed by atoms with Crippen molar-refractivity contribution in [1.82, 2.24) is 0 Å². The van der Waals surface area contributed by atoms with Gasteiger partial charge in [-0.2, -0.15) is 5.26 Å². The monoisotopic (exact) mass is 473 g/mol. The van der Waals surface area contributed by atoms with E-state index in [1.807, 2.05) is 37.3 Å². The number of aryl methyl sites for hydroxylation is 1. The molecule has 3 aromatic carbocycles. The van der Waals surface area contributed by atoms with Gasteiger partial charge < -0.3 is 10.5 Å². The van der Waals surface area contributed by atoms with Crippen LogP contribution in [-0.2, 0) is 21.3 Å². The van der Waals surface area contributed by atoms with Gasteiger partial charge in [0.1, 0.15) is 22.4 Å². The second kappa shape index (κ2) is 8.04. The predicted molar refractivity (Wildman–Crippen MR) is 127 cm³/mol. The number of nitrogens with two attached hydrogens (primary N) is 1. The Bertz CT molecular complexity index is 1500. The number of fused-ring (bicyclic) bond motifs is 2. The topological polar surface area (TPSA) is 96.4 Å². The van der Waals surface area contributed by atoms with Crippen molar-refractivity contribution in [3.05, 3.63) is 117 Å². The third-order valence-corrected chi connectivity index (χ3v) is 7.89. The summed E-state index contributed by atoms with van der Waals surface area (Å²) in [5.41, 5.74) is 9.34. The number of anilines is 1. The van der Waals surface area contributed by atoms with Gasteiger partial charge in [0, 0.05) is 5.56 Å². The molecule has 5 rings (SSSR count). The maximum absolute atomic E-state index is 14.1. The van der Waals surface area contributed by atoms with E-state index in [0.717, 1.165) is 11.1 Å². The standard InChI is InChI=1S/C26H20FN3O3S/c1-16-6-8-17(9-7-16)15-30-22-5-3-2-4-20(22)24-25(34(30,31)32)23(21(14-28)26(29)33-24)18-10-12-19(27)13-11-18/h2-13,23H,15,29H2,1H3/t23-/m0/s1. The Morgan fingerprint density at radius 2 is 1.74 bits per heavy atom. The summed E-state index contributed by atoms with van der Waals surface area (Å²) in [5.74, 6) is -1.60. The van der Waals surface area contributed by atoms with Gasteiger partial charge in [0.05, 0.1) is 18.2 Å². The molecule has 2 heterocycles. The van der Waals surface area contributed by atoms with Gasteiger partial charge in [-0.05, 0) is 42.3 Å². The lowest BCUT2D eigenvalue weighted by Crippen LogP contribution is -2.39. The van der Waals surface area contributed by atoms with Crippen LogP contribution in [-0.4, -0.2) is 8.42 Å². The van der Waals surface area contributed by atoms with Gasteiger partial charge in [-0.25, -0.2) is 12.8 Å². The van der Waals surface area contributed by atoms with Crippen LogP contribution >= 0.6 is 0 Å². The van der Waals surface area contributed by atoms with Gasteiger partial charge >= 0.3 is 0 Å². The van der Waals surface area contributed by atoms with Crippen LogP contribution in [0.25, 0.3) is 5.76 Å². The molecular formula is C26H20FN3O3S. The summed E-state index contributed by atoms with van der Waals surface area (Å²) in [6.07, 6.45) is 0. The van der Waals surface area contributed by atoms with Crippen LogP contribution in [0.4, 0.5) is 10.1 Å². The number of ether oxygens (including phenoxy) is 1. The molecule has 6 nitrogen and oxygen atoms in total. The van der Waals surface area contributed by atoms with Crippen molar-refractivity contribution >= 4 is 21.5 Å². The molecule has 0 saturated carbocycles. The molecule has 0 fully saturated rings. The fourth-order valence-electron chi connectivity index (χ4n) is 4.33. The van der Waals surface area contributed by atoms with E-state index in [9.17, 15) is 18.1 Å². The Balaban J connectivity index is 1.75. The number of nitriles is 1. The fourth-order valence-corrected chi connectivity index (χ4v) is 6.24. The molecular weight excluding hydrogens is 453 g/mol. The average molecular weight is 474 g/mol. The van der Waals surface area contributed by atoms with E-state index in [1.165, 1.54) is 28.6 Å². The summed E-state index contributed by atoms with van der Waals surface area (Å²) < 4.78 is 49.0. The van der Waals surface area contributed by atoms with Crippen molar-refractivity contribution in [2.24, 2.45) is 5.73 Å². The number of benzene rings is 3. The number of sulfonamides is 1. The first-order chi connectivity index (χ1) is 16.3. The van der Waals surface area contributed by atoms with Crippen LogP contribution in [0.3, 0.4) is 0 Å². The molecule has 0 aliphatic carbocycles. The molecule has 3 aromatic rings. The lowest BCUT2D eigenvalue weighted by Gasteiger charge is -2.38. The Labute approximate surface area is 197 Å². The van der Waals surface area contributed by atoms with Gasteiger partial charge in [-0.15, -0.1) is 0 Å². The molecule has 0 saturated heterocycles. The van der Waals surface area contributed by atoms with Gasteiger partial charge in [0.15, 0.2) is 5.76 Å². The Kier molecular flexibility index (Phi) is 5.14. The Morgan fingerprint density at radius 1 is 1.06 bits per heavy atom. The summed E-state index contributed by atoms with van der Waals surface area (Å²) in [6, 6.07) is 22.0. The van der Waals surface area contributed by atoms with Crippen molar-refractivity contribution in [3.8, 4) is 6.07 Å². The third kappa shape index (κ3) is 3.42. The zero-order valence-corrected chi connectivity index (χ0v) is 19.0. The second-order valence-electron chi connectivity index (χ2n) is 8.18. The van der Waals surface area contributed by atoms with Crippen LogP contribution in [0, 0.1) is 24.1 Å². The molecule has 0 spiro atoms. The highest BCUT2D eigenvalue weighted by atomic mass is 32.2. The highest BCUT2D eigenvalue weighted by molar-refractivity contribution is 7.96. The third-order valence-electron chi connectivity index (χ3n) is 6.01. The van der Waals surface area contributed by atoms with E-state index in [-0.39, 0.29) is 28.7 Å². The number of para-hydroxylation sites is 1. The quantitative estimate of drug-likeness (QED) is 0.597. The van der Waals surface area contributed by atoms with E-state index >= 15 is 0 Å². The maximum atomic E-state index is 14.1. The van der Waals surface area contributed by atoms with E-state index in [1.54, 1.807) is 24.3 Å². The zero-order valence-electron chi connectivity index (χ0n) is 18.2. The maximum Gasteiger partial charge on any atom is 0.265 e. The number of hydrogen-bond acceptors (Lipinski definition) is 5. The normalized spacial score (nSPS) is 18.6. The van der Waals surface area contributed by atoms with E-state index in [4.69, 9.17) is 10.5 Å². The number of nitrogens with zero attached hydrogens (tertiary/aromatic N) is 2. The molecule has 0 bridgehead atoms. The highest BCUT2D eigenvalue weighted by Gasteiger charge is 2.47. The van der Waals surface area contributed by atoms with E-state index in [2.05, 4.69) is 0 Å². The van der Waals surface area contributed by atoms with Crippen molar-refractivity contribution in [1.29, 1.82) is 5.26 Å². The minimum absolute atomic E-state index is 0.0383. The summed E-state index contributed by atoms with van der Waals surface area (Å²) in [6.45, 7) is 2.05. The first-order valence-corrected chi connectivity index (χ1v) is 12.0. The van der Waals surface area contributed by atoms with Crippen LogP contribution in [0.15, 0.2) is 89.2 Å². The molecule has 2 aliphatic heterocycles. The van der Waals surface area contributed by atoms with Crippen molar-refractivity contribution in [2.75, 3.05) is 4.31 Å². The lowest BCUT2D eigenvalue weighted by atomic mass is 9.88. The second-order valence-corrected chi connectivity index (χ2v) is 10.0. The van der Waals surface area contributed by atoms with Crippen LogP contribution < -0.4 is 10.0 Å². The van der Waals surface area contributed by atoms with Crippen molar-refractivity contribution in [3.63, 3.8) is 0 Å². The Hall–Kier alpha value is -4.09. The summed E-state index contributed by atoms with van der Waals surface area (Å²) >= 11 is 0. The summed E-state index contributed by atoms with van der Waals surface area (Å²) in [4.78, 5) is -0.0873. The molecule has 2 N–H and O–H groups in total. The molecule has 0 radical (unpaired) electrons. The summed E-state index contributed by atoms with van der Waals surface area (Å²) in [7, 11) is -4.17. The van der Waals surface area contributed by atoms with Crippen molar-refractivity contribution in [2.45, 2.75) is 19.4 Å². The first-order valence-electron chi connectivity index (χ1n) is 10.6. The lowest BCUT2D eigenvalue weighted by molar-refractivity contribution is 0.357. The van der Waals surface area contributed by atoms with Crippen LogP contribution in [0.5, 0.6) is 0 Å². The number of allylic oxidation sites excluding steroid dienone is 2. The Morgan fingerprint density at radius 3 is 2.41 bits per heavy atom. The molecule has 8 heteroatoms. The SMILES string of the molecule is Cc1ccc(CN2c3ccccc3C3=C([C@@H](c4ccc(F)cc4)C(C#N)=C(N)O3)S2(=O)=O)cc1. The molecule has 0 aromatic heterocycles. The number of rotatable bonds is 3. The molecule has 170 valence electrons.